The van der Waals surface area contributed by atoms with Gasteiger partial charge < -0.3 is 15.2 Å². The van der Waals surface area contributed by atoms with Crippen molar-refractivity contribution >= 4 is 22.8 Å². The number of aliphatic hydroxyl groups is 1. The van der Waals surface area contributed by atoms with Crippen molar-refractivity contribution in [2.24, 2.45) is 0 Å². The van der Waals surface area contributed by atoms with E-state index in [1.54, 1.807) is 12.1 Å². The van der Waals surface area contributed by atoms with E-state index in [0.717, 1.165) is 23.8 Å². The lowest BCUT2D eigenvalue weighted by atomic mass is 9.99. The molecule has 2 N–H and O–H groups in total. The van der Waals surface area contributed by atoms with E-state index >= 15 is 0 Å². The Morgan fingerprint density at radius 3 is 2.84 bits per heavy atom. The quantitative estimate of drug-likeness (QED) is 0.760. The molecular weight excluding hydrogens is 345 g/mol. The van der Waals surface area contributed by atoms with Crippen LogP contribution in [0.4, 0.5) is 9.18 Å². The summed E-state index contributed by atoms with van der Waals surface area (Å²) < 4.78 is 18.6. The normalized spacial score (nSPS) is 22.9. The number of carbonyl (C=O) groups excluding carboxylic acids is 2. The lowest BCUT2D eigenvalue weighted by molar-refractivity contribution is 0.0853. The fourth-order valence-corrected chi connectivity index (χ4v) is 3.67. The van der Waals surface area contributed by atoms with Crippen LogP contribution in [0.2, 0.25) is 0 Å². The van der Waals surface area contributed by atoms with Crippen LogP contribution in [0.15, 0.2) is 47.7 Å². The van der Waals surface area contributed by atoms with Crippen molar-refractivity contribution in [1.29, 1.82) is 0 Å². The van der Waals surface area contributed by atoms with Crippen LogP contribution in [-0.4, -0.2) is 34.2 Å². The number of ether oxygens (including phenoxy) is 1. The number of benzene rings is 1. The molecule has 25 heavy (non-hydrogen) atoms. The summed E-state index contributed by atoms with van der Waals surface area (Å²) in [5.74, 6) is -0.0252. The fourth-order valence-electron chi connectivity index (χ4n) is 2.72. The number of nitrogens with one attached hydrogen (secondary N) is 1. The number of rotatable bonds is 6. The highest BCUT2D eigenvalue weighted by molar-refractivity contribution is 8.14. The van der Waals surface area contributed by atoms with Crippen LogP contribution in [-0.2, 0) is 4.74 Å². The summed E-state index contributed by atoms with van der Waals surface area (Å²) in [6.45, 7) is -0.131. The van der Waals surface area contributed by atoms with Crippen molar-refractivity contribution in [3.8, 4) is 0 Å². The average molecular weight is 363 g/mol. The number of halogens is 1. The fraction of sp³-hybridized carbons (Fsp3) is 0.333. The molecule has 1 fully saturated rings. The molecule has 1 aliphatic heterocycles. The molecule has 0 aromatic heterocycles. The van der Waals surface area contributed by atoms with E-state index in [1.807, 2.05) is 6.08 Å². The molecular formula is C18H18FNO4S. The van der Waals surface area contributed by atoms with Gasteiger partial charge in [0.05, 0.1) is 11.0 Å². The van der Waals surface area contributed by atoms with Crippen molar-refractivity contribution in [2.45, 2.75) is 30.7 Å². The molecule has 1 aromatic carbocycles. The van der Waals surface area contributed by atoms with Crippen LogP contribution in [0.3, 0.4) is 0 Å². The Morgan fingerprint density at radius 2 is 2.20 bits per heavy atom. The van der Waals surface area contributed by atoms with E-state index in [1.165, 1.54) is 18.2 Å². The number of Topliss-reactive ketones (excluding diaryl/α,β-unsaturated/α-hetero) is 1. The first-order valence-corrected chi connectivity index (χ1v) is 8.84. The Hall–Kier alpha value is -2.12. The zero-order valence-electron chi connectivity index (χ0n) is 13.4. The highest BCUT2D eigenvalue weighted by atomic mass is 32.2. The molecule has 1 aromatic rings. The Morgan fingerprint density at radius 1 is 1.36 bits per heavy atom. The third-order valence-electron chi connectivity index (χ3n) is 4.07. The van der Waals surface area contributed by atoms with Crippen LogP contribution in [0.5, 0.6) is 0 Å². The van der Waals surface area contributed by atoms with Gasteiger partial charge >= 0.3 is 0 Å². The number of aliphatic hydroxyl groups excluding tert-OH is 1. The number of thioether (sulfide) groups is 1. The Kier molecular flexibility index (Phi) is 5.55. The Labute approximate surface area is 148 Å². The van der Waals surface area contributed by atoms with Crippen LogP contribution in [0.25, 0.3) is 0 Å². The molecule has 1 aliphatic carbocycles. The summed E-state index contributed by atoms with van der Waals surface area (Å²) in [5.41, 5.74) is 1.41. The summed E-state index contributed by atoms with van der Waals surface area (Å²) in [6.07, 6.45) is 4.91. The summed E-state index contributed by atoms with van der Waals surface area (Å²) in [5, 5.41) is 11.8. The largest absolute Gasteiger partial charge is 0.490 e. The second-order valence-electron chi connectivity index (χ2n) is 5.92. The van der Waals surface area contributed by atoms with Crippen LogP contribution in [0, 0.1) is 5.82 Å². The molecule has 3 rings (SSSR count). The van der Waals surface area contributed by atoms with Gasteiger partial charge in [0.15, 0.2) is 12.4 Å². The minimum Gasteiger partial charge on any atom is -0.490 e. The number of amides is 1. The zero-order chi connectivity index (χ0) is 17.8. The molecule has 2 aliphatic rings. The van der Waals surface area contributed by atoms with Crippen LogP contribution >= 0.6 is 11.8 Å². The SMILES string of the molecule is O=C1NC(O)C(CC2=CC=C(OCC(=O)c3cccc(F)c3)CC2)S1. The van der Waals surface area contributed by atoms with Gasteiger partial charge in [-0.25, -0.2) is 4.39 Å². The van der Waals surface area contributed by atoms with E-state index in [-0.39, 0.29) is 28.4 Å². The number of hydrogen-bond donors (Lipinski definition) is 2. The summed E-state index contributed by atoms with van der Waals surface area (Å²) in [7, 11) is 0. The highest BCUT2D eigenvalue weighted by Crippen LogP contribution is 2.31. The minimum atomic E-state index is -0.816. The van der Waals surface area contributed by atoms with E-state index < -0.39 is 12.0 Å². The molecule has 7 heteroatoms. The first kappa shape index (κ1) is 17.7. The number of allylic oxidation sites excluding steroid dienone is 4. The van der Waals surface area contributed by atoms with Gasteiger partial charge in [0.1, 0.15) is 12.0 Å². The smallest absolute Gasteiger partial charge is 0.281 e. The maximum atomic E-state index is 13.1. The Bertz CT molecular complexity index is 746. The summed E-state index contributed by atoms with van der Waals surface area (Å²) in [4.78, 5) is 23.2. The lowest BCUT2D eigenvalue weighted by Crippen LogP contribution is -2.30. The molecule has 132 valence electrons. The van der Waals surface area contributed by atoms with Gasteiger partial charge in [-0.2, -0.15) is 0 Å². The molecule has 5 nitrogen and oxygen atoms in total. The Balaban J connectivity index is 1.51. The molecule has 1 heterocycles. The summed E-state index contributed by atoms with van der Waals surface area (Å²) in [6, 6.07) is 5.53. The highest BCUT2D eigenvalue weighted by Gasteiger charge is 2.32. The number of ketones is 1. The van der Waals surface area contributed by atoms with Gasteiger partial charge in [-0.05, 0) is 31.1 Å². The van der Waals surface area contributed by atoms with Gasteiger partial charge in [0, 0.05) is 12.0 Å². The van der Waals surface area contributed by atoms with Gasteiger partial charge in [0.25, 0.3) is 5.24 Å². The molecule has 1 amide bonds. The first-order chi connectivity index (χ1) is 12.0. The predicted molar refractivity (Wildman–Crippen MR) is 92.6 cm³/mol. The van der Waals surface area contributed by atoms with E-state index in [0.29, 0.717) is 18.6 Å². The summed E-state index contributed by atoms with van der Waals surface area (Å²) >= 11 is 1.11. The van der Waals surface area contributed by atoms with E-state index in [4.69, 9.17) is 4.74 Å². The monoisotopic (exact) mass is 363 g/mol. The minimum absolute atomic E-state index is 0.131. The molecule has 0 radical (unpaired) electrons. The third kappa shape index (κ3) is 4.70. The molecule has 2 unspecified atom stereocenters. The molecule has 0 saturated carbocycles. The number of carbonyl (C=O) groups is 2. The van der Waals surface area contributed by atoms with Crippen molar-refractivity contribution in [3.63, 3.8) is 0 Å². The van der Waals surface area contributed by atoms with E-state index in [9.17, 15) is 19.1 Å². The van der Waals surface area contributed by atoms with Crippen molar-refractivity contribution < 1.29 is 23.8 Å². The van der Waals surface area contributed by atoms with Gasteiger partial charge in [-0.1, -0.05) is 35.5 Å². The van der Waals surface area contributed by atoms with Crippen LogP contribution in [0.1, 0.15) is 29.6 Å². The van der Waals surface area contributed by atoms with Crippen LogP contribution < -0.4 is 5.32 Å². The van der Waals surface area contributed by atoms with Crippen molar-refractivity contribution in [2.75, 3.05) is 6.61 Å². The molecule has 0 bridgehead atoms. The second-order valence-corrected chi connectivity index (χ2v) is 7.13. The zero-order valence-corrected chi connectivity index (χ0v) is 14.2. The predicted octanol–water partition coefficient (Wildman–Crippen LogP) is 3.16. The molecule has 1 saturated heterocycles. The lowest BCUT2D eigenvalue weighted by Gasteiger charge is -2.18. The van der Waals surface area contributed by atoms with Crippen molar-refractivity contribution in [1.82, 2.24) is 5.32 Å². The molecule has 2 atom stereocenters. The second kappa shape index (κ2) is 7.84. The van der Waals surface area contributed by atoms with Crippen molar-refractivity contribution in [3.05, 3.63) is 59.1 Å². The van der Waals surface area contributed by atoms with E-state index in [2.05, 4.69) is 5.32 Å². The van der Waals surface area contributed by atoms with Gasteiger partial charge in [0.2, 0.25) is 0 Å². The average Bonchev–Trinajstić information content (AvgIpc) is 2.91. The third-order valence-corrected chi connectivity index (χ3v) is 5.13. The topological polar surface area (TPSA) is 75.6 Å². The van der Waals surface area contributed by atoms with Gasteiger partial charge in [-0.15, -0.1) is 0 Å². The van der Waals surface area contributed by atoms with Gasteiger partial charge in [-0.3, -0.25) is 9.59 Å². The standard InChI is InChI=1S/C18H18FNO4S/c19-13-3-1-2-12(9-13)15(21)10-24-14-6-4-11(5-7-14)8-16-17(22)20-18(23)25-16/h1-4,6,9,16-17,22H,5,7-8,10H2,(H,20,23). The first-order valence-electron chi connectivity index (χ1n) is 7.96. The number of hydrogen-bond acceptors (Lipinski definition) is 5. The maximum absolute atomic E-state index is 13.1. The molecule has 0 spiro atoms. The maximum Gasteiger partial charge on any atom is 0.281 e.